The van der Waals surface area contributed by atoms with Crippen molar-refractivity contribution in [2.45, 2.75) is 59.2 Å². The van der Waals surface area contributed by atoms with Crippen molar-refractivity contribution in [1.82, 2.24) is 0 Å². The van der Waals surface area contributed by atoms with Crippen molar-refractivity contribution in [3.05, 3.63) is 0 Å². The van der Waals surface area contributed by atoms with Crippen LogP contribution in [0, 0.1) is 34.5 Å². The third-order valence-electron chi connectivity index (χ3n) is 6.61. The normalized spacial score (nSPS) is 53.9. The zero-order valence-corrected chi connectivity index (χ0v) is 11.1. The molecule has 0 amide bonds. The Morgan fingerprint density at radius 1 is 1.12 bits per heavy atom. The molecule has 0 aromatic heterocycles. The van der Waals surface area contributed by atoms with E-state index in [1.165, 1.54) is 32.1 Å². The average Bonchev–Trinajstić information content (AvgIpc) is 2.68. The molecule has 0 spiro atoms. The first kappa shape index (κ1) is 11.2. The van der Waals surface area contributed by atoms with Crippen LogP contribution < -0.4 is 0 Å². The summed E-state index contributed by atoms with van der Waals surface area (Å²) in [7, 11) is 6.10. The molecule has 3 rings (SSSR count). The van der Waals surface area contributed by atoms with Crippen molar-refractivity contribution in [1.29, 1.82) is 0 Å². The SMILES string of the molecule is [B]CC1C2CCC3C2C(C)(C)CCCC13C. The molecule has 16 heavy (non-hydrogen) atoms. The van der Waals surface area contributed by atoms with E-state index in [0.29, 0.717) is 10.8 Å². The second kappa shape index (κ2) is 3.30. The molecular formula is C15H25B. The first-order chi connectivity index (χ1) is 7.50. The Balaban J connectivity index is 2.04. The molecule has 2 radical (unpaired) electrons. The molecule has 0 aliphatic heterocycles. The van der Waals surface area contributed by atoms with E-state index in [2.05, 4.69) is 20.8 Å². The van der Waals surface area contributed by atoms with Gasteiger partial charge in [-0.2, -0.15) is 0 Å². The highest BCUT2D eigenvalue weighted by Gasteiger charge is 2.63. The quantitative estimate of drug-likeness (QED) is 0.580. The lowest BCUT2D eigenvalue weighted by Gasteiger charge is -2.41. The molecule has 0 nitrogen and oxygen atoms in total. The summed E-state index contributed by atoms with van der Waals surface area (Å²) in [5.41, 5.74) is 1.17. The van der Waals surface area contributed by atoms with Crippen LogP contribution in [0.3, 0.4) is 0 Å². The van der Waals surface area contributed by atoms with Gasteiger partial charge in [-0.3, -0.25) is 0 Å². The Morgan fingerprint density at radius 2 is 1.88 bits per heavy atom. The second-order valence-corrected chi connectivity index (χ2v) is 7.56. The summed E-state index contributed by atoms with van der Waals surface area (Å²) in [6, 6.07) is 0. The minimum Gasteiger partial charge on any atom is -0.0851 e. The van der Waals surface area contributed by atoms with Crippen molar-refractivity contribution in [2.75, 3.05) is 0 Å². The number of hydrogen-bond donors (Lipinski definition) is 0. The summed E-state index contributed by atoms with van der Waals surface area (Å²) in [5, 5.41) is 0. The van der Waals surface area contributed by atoms with Gasteiger partial charge in [0.2, 0.25) is 0 Å². The van der Waals surface area contributed by atoms with Crippen molar-refractivity contribution in [3.63, 3.8) is 0 Å². The minimum atomic E-state index is 0.577. The fraction of sp³-hybridized carbons (Fsp3) is 1.00. The minimum absolute atomic E-state index is 0.577. The molecule has 0 saturated heterocycles. The Hall–Kier alpha value is 0.0649. The van der Waals surface area contributed by atoms with Crippen molar-refractivity contribution >= 4 is 7.85 Å². The van der Waals surface area contributed by atoms with Gasteiger partial charge in [0.25, 0.3) is 0 Å². The lowest BCUT2D eigenvalue weighted by molar-refractivity contribution is 0.100. The molecule has 1 heteroatoms. The maximum atomic E-state index is 6.10. The maximum Gasteiger partial charge on any atom is 0.0657 e. The highest BCUT2D eigenvalue weighted by atomic mass is 14.7. The largest absolute Gasteiger partial charge is 0.0851 e. The van der Waals surface area contributed by atoms with Gasteiger partial charge in [-0.05, 0) is 60.2 Å². The Bertz CT molecular complexity index is 296. The first-order valence-electron chi connectivity index (χ1n) is 7.21. The zero-order valence-electron chi connectivity index (χ0n) is 11.1. The molecule has 5 atom stereocenters. The van der Waals surface area contributed by atoms with E-state index in [4.69, 9.17) is 7.85 Å². The van der Waals surface area contributed by atoms with Crippen LogP contribution in [0.1, 0.15) is 52.9 Å². The molecule has 5 unspecified atom stereocenters. The fourth-order valence-corrected chi connectivity index (χ4v) is 6.02. The van der Waals surface area contributed by atoms with Gasteiger partial charge < -0.3 is 0 Å². The van der Waals surface area contributed by atoms with Crippen LogP contribution in [0.15, 0.2) is 0 Å². The summed E-state index contributed by atoms with van der Waals surface area (Å²) in [4.78, 5) is 0. The van der Waals surface area contributed by atoms with Gasteiger partial charge in [0.15, 0.2) is 0 Å². The van der Waals surface area contributed by atoms with Gasteiger partial charge in [0.05, 0.1) is 7.85 Å². The van der Waals surface area contributed by atoms with E-state index >= 15 is 0 Å². The molecule has 0 aromatic rings. The standard InChI is InChI=1S/C15H25B/c1-14(2)7-4-8-15(3)11-6-5-10(13(11)14)12(15)9-16/h10-13H,4-9H2,1-3H3. The smallest absolute Gasteiger partial charge is 0.0657 e. The fourth-order valence-electron chi connectivity index (χ4n) is 6.02. The topological polar surface area (TPSA) is 0 Å². The predicted molar refractivity (Wildman–Crippen MR) is 69.5 cm³/mol. The van der Waals surface area contributed by atoms with Crippen LogP contribution in [0.25, 0.3) is 0 Å². The highest BCUT2D eigenvalue weighted by Crippen LogP contribution is 2.71. The van der Waals surface area contributed by atoms with Gasteiger partial charge in [0.1, 0.15) is 0 Å². The van der Waals surface area contributed by atoms with Crippen molar-refractivity contribution < 1.29 is 0 Å². The Labute approximate surface area is 102 Å². The summed E-state index contributed by atoms with van der Waals surface area (Å²) >= 11 is 0. The molecule has 0 aromatic carbocycles. The lowest BCUT2D eigenvalue weighted by atomic mass is 9.61. The Kier molecular flexibility index (Phi) is 2.30. The van der Waals surface area contributed by atoms with Gasteiger partial charge in [-0.15, -0.1) is 0 Å². The lowest BCUT2D eigenvalue weighted by Crippen LogP contribution is -2.33. The van der Waals surface area contributed by atoms with Crippen LogP contribution in [-0.2, 0) is 0 Å². The summed E-state index contributed by atoms with van der Waals surface area (Å²) in [6.07, 6.45) is 8.21. The van der Waals surface area contributed by atoms with Crippen LogP contribution in [0.2, 0.25) is 6.32 Å². The third kappa shape index (κ3) is 1.18. The average molecular weight is 216 g/mol. The molecule has 3 aliphatic rings. The van der Waals surface area contributed by atoms with E-state index in [9.17, 15) is 0 Å². The molecule has 3 saturated carbocycles. The predicted octanol–water partition coefficient (Wildman–Crippen LogP) is 4.06. The van der Waals surface area contributed by atoms with Crippen molar-refractivity contribution in [2.24, 2.45) is 34.5 Å². The maximum absolute atomic E-state index is 6.10. The van der Waals surface area contributed by atoms with E-state index in [0.717, 1.165) is 30.0 Å². The van der Waals surface area contributed by atoms with Crippen LogP contribution in [0.4, 0.5) is 0 Å². The van der Waals surface area contributed by atoms with Crippen LogP contribution >= 0.6 is 0 Å². The third-order valence-corrected chi connectivity index (χ3v) is 6.61. The molecule has 0 N–H and O–H groups in total. The number of rotatable bonds is 1. The van der Waals surface area contributed by atoms with Gasteiger partial charge in [-0.25, -0.2) is 0 Å². The summed E-state index contributed by atoms with van der Waals surface area (Å²) in [5.74, 6) is 3.75. The number of hydrogen-bond acceptors (Lipinski definition) is 0. The van der Waals surface area contributed by atoms with E-state index in [1.807, 2.05) is 0 Å². The molecule has 4 bridgehead atoms. The van der Waals surface area contributed by atoms with E-state index < -0.39 is 0 Å². The van der Waals surface area contributed by atoms with Gasteiger partial charge in [-0.1, -0.05) is 33.5 Å². The molecule has 88 valence electrons. The van der Waals surface area contributed by atoms with Crippen molar-refractivity contribution in [3.8, 4) is 0 Å². The van der Waals surface area contributed by atoms with E-state index in [1.54, 1.807) is 0 Å². The molecule has 3 fully saturated rings. The van der Waals surface area contributed by atoms with E-state index in [-0.39, 0.29) is 0 Å². The highest BCUT2D eigenvalue weighted by molar-refractivity contribution is 6.08. The first-order valence-corrected chi connectivity index (χ1v) is 7.21. The summed E-state index contributed by atoms with van der Waals surface area (Å²) in [6.45, 7) is 7.60. The second-order valence-electron chi connectivity index (χ2n) is 7.56. The Morgan fingerprint density at radius 3 is 2.56 bits per heavy atom. The summed E-state index contributed by atoms with van der Waals surface area (Å²) < 4.78 is 0. The monoisotopic (exact) mass is 216 g/mol. The molecular weight excluding hydrogens is 191 g/mol. The molecule has 3 aliphatic carbocycles. The zero-order chi connectivity index (χ0) is 11.6. The van der Waals surface area contributed by atoms with Gasteiger partial charge in [0, 0.05) is 0 Å². The molecule has 0 heterocycles. The van der Waals surface area contributed by atoms with Crippen LogP contribution in [-0.4, -0.2) is 7.85 Å². The van der Waals surface area contributed by atoms with Gasteiger partial charge >= 0.3 is 0 Å². The van der Waals surface area contributed by atoms with Crippen LogP contribution in [0.5, 0.6) is 0 Å².